The van der Waals surface area contributed by atoms with Crippen LogP contribution < -0.4 is 0 Å². The van der Waals surface area contributed by atoms with Crippen molar-refractivity contribution >= 4 is 11.7 Å². The maximum absolute atomic E-state index is 12.1. The van der Waals surface area contributed by atoms with Crippen LogP contribution in [-0.2, 0) is 4.79 Å². The van der Waals surface area contributed by atoms with E-state index in [9.17, 15) is 9.90 Å². The molecule has 0 radical (unpaired) electrons. The molecular formula is C13H10N6O2. The SMILES string of the molecule is [C-]#[N+]C(=C=N)C(=O)C1C=C(/C(O)=C(\C#N)[N+]#[C-])N(C)N1C. The van der Waals surface area contributed by atoms with Gasteiger partial charge in [0.05, 0.1) is 24.9 Å². The van der Waals surface area contributed by atoms with Gasteiger partial charge in [0.15, 0.2) is 11.5 Å². The number of allylic oxidation sites excluding steroid dienone is 1. The average Bonchev–Trinajstić information content (AvgIpc) is 2.77. The van der Waals surface area contributed by atoms with Crippen LogP contribution in [-0.4, -0.2) is 46.9 Å². The number of hydrogen-bond donors (Lipinski definition) is 2. The number of Topliss-reactive ketones (excluding diaryl/α,β-unsaturated/α-hetero) is 1. The van der Waals surface area contributed by atoms with Crippen molar-refractivity contribution in [3.63, 3.8) is 0 Å². The molecule has 0 aliphatic carbocycles. The van der Waals surface area contributed by atoms with Gasteiger partial charge in [-0.3, -0.25) is 5.41 Å². The molecule has 0 amide bonds. The second-order valence-electron chi connectivity index (χ2n) is 3.96. The summed E-state index contributed by atoms with van der Waals surface area (Å²) >= 11 is 0. The lowest BCUT2D eigenvalue weighted by atomic mass is 10.1. The first-order valence-electron chi connectivity index (χ1n) is 5.53. The number of rotatable bonds is 3. The van der Waals surface area contributed by atoms with Crippen LogP contribution in [0.4, 0.5) is 0 Å². The van der Waals surface area contributed by atoms with Gasteiger partial charge in [-0.05, 0) is 11.9 Å². The molecule has 1 aliphatic heterocycles. The van der Waals surface area contributed by atoms with Crippen LogP contribution in [0.1, 0.15) is 0 Å². The molecule has 0 aromatic rings. The number of aliphatic hydroxyl groups is 1. The zero-order valence-electron chi connectivity index (χ0n) is 11.2. The Balaban J connectivity index is 3.33. The fraction of sp³-hybridized carbons (Fsp3) is 0.231. The highest BCUT2D eigenvalue weighted by atomic mass is 16.3. The number of nitriles is 1. The van der Waals surface area contributed by atoms with Crippen LogP contribution in [0.2, 0.25) is 0 Å². The third-order valence-electron chi connectivity index (χ3n) is 2.96. The quantitative estimate of drug-likeness (QED) is 0.263. The lowest BCUT2D eigenvalue weighted by Gasteiger charge is -2.27. The zero-order valence-corrected chi connectivity index (χ0v) is 11.2. The fourth-order valence-electron chi connectivity index (χ4n) is 1.74. The van der Waals surface area contributed by atoms with Gasteiger partial charge in [0, 0.05) is 14.1 Å². The van der Waals surface area contributed by atoms with E-state index in [0.717, 1.165) is 0 Å². The van der Waals surface area contributed by atoms with Crippen molar-refractivity contribution < 1.29 is 9.90 Å². The van der Waals surface area contributed by atoms with E-state index in [-0.39, 0.29) is 5.70 Å². The van der Waals surface area contributed by atoms with Gasteiger partial charge in [-0.25, -0.2) is 20.0 Å². The summed E-state index contributed by atoms with van der Waals surface area (Å²) < 4.78 is 0. The number of hydrazine groups is 1. The van der Waals surface area contributed by atoms with Gasteiger partial charge in [0.2, 0.25) is 0 Å². The van der Waals surface area contributed by atoms with Gasteiger partial charge in [0.1, 0.15) is 6.04 Å². The van der Waals surface area contributed by atoms with Crippen molar-refractivity contribution in [2.45, 2.75) is 6.04 Å². The smallest absolute Gasteiger partial charge is 0.304 e. The van der Waals surface area contributed by atoms with E-state index in [1.807, 2.05) is 0 Å². The molecule has 104 valence electrons. The second kappa shape index (κ2) is 6.18. The maximum atomic E-state index is 12.1. The lowest BCUT2D eigenvalue weighted by molar-refractivity contribution is -0.121. The topological polar surface area (TPSA) is 100 Å². The Bertz CT molecular complexity index is 705. The molecule has 0 saturated carbocycles. The molecule has 1 atom stereocenters. The summed E-state index contributed by atoms with van der Waals surface area (Å²) in [5.41, 5.74) is -0.854. The van der Waals surface area contributed by atoms with E-state index in [2.05, 4.69) is 9.69 Å². The summed E-state index contributed by atoms with van der Waals surface area (Å²) in [7, 11) is 3.06. The van der Waals surface area contributed by atoms with Crippen LogP contribution in [0.3, 0.4) is 0 Å². The first kappa shape index (κ1) is 15.7. The molecule has 0 spiro atoms. The summed E-state index contributed by atoms with van der Waals surface area (Å²) in [5, 5.41) is 28.4. The number of likely N-dealkylation sites (N-methyl/N-ethyl adjacent to an activating group) is 2. The van der Waals surface area contributed by atoms with Gasteiger partial charge in [-0.2, -0.15) is 0 Å². The van der Waals surface area contributed by atoms with E-state index in [1.165, 1.54) is 30.2 Å². The van der Waals surface area contributed by atoms with Gasteiger partial charge in [-0.1, -0.05) is 0 Å². The number of aliphatic hydroxyl groups excluding tert-OH is 1. The molecule has 0 aromatic heterocycles. The summed E-state index contributed by atoms with van der Waals surface area (Å²) in [6.45, 7) is 13.6. The molecule has 2 N–H and O–H groups in total. The van der Waals surface area contributed by atoms with Crippen molar-refractivity contribution in [1.29, 1.82) is 10.7 Å². The molecule has 0 aromatic carbocycles. The summed E-state index contributed by atoms with van der Waals surface area (Å²) in [6, 6.07) is 0.645. The molecule has 1 unspecified atom stereocenters. The second-order valence-corrected chi connectivity index (χ2v) is 3.96. The Morgan fingerprint density at radius 3 is 2.52 bits per heavy atom. The molecule has 0 bridgehead atoms. The highest BCUT2D eigenvalue weighted by Gasteiger charge is 2.35. The molecule has 1 aliphatic rings. The largest absolute Gasteiger partial charge is 0.516 e. The van der Waals surface area contributed by atoms with E-state index in [0.29, 0.717) is 0 Å². The minimum Gasteiger partial charge on any atom is -0.516 e. The van der Waals surface area contributed by atoms with Crippen LogP contribution >= 0.6 is 0 Å². The van der Waals surface area contributed by atoms with Crippen molar-refractivity contribution in [2.24, 2.45) is 0 Å². The summed E-state index contributed by atoms with van der Waals surface area (Å²) in [4.78, 5) is 17.9. The van der Waals surface area contributed by atoms with E-state index < -0.39 is 29.0 Å². The molecule has 1 rings (SSSR count). The van der Waals surface area contributed by atoms with Gasteiger partial charge in [-0.15, -0.1) is 0 Å². The third kappa shape index (κ3) is 2.65. The van der Waals surface area contributed by atoms with Gasteiger partial charge < -0.3 is 14.9 Å². The van der Waals surface area contributed by atoms with Crippen molar-refractivity contribution in [3.8, 4) is 6.07 Å². The third-order valence-corrected chi connectivity index (χ3v) is 2.96. The highest BCUT2D eigenvalue weighted by molar-refractivity contribution is 6.08. The average molecular weight is 282 g/mol. The van der Waals surface area contributed by atoms with E-state index >= 15 is 0 Å². The Morgan fingerprint density at radius 1 is 1.48 bits per heavy atom. The number of nitrogens with one attached hydrogen (secondary N) is 1. The van der Waals surface area contributed by atoms with E-state index in [4.69, 9.17) is 23.8 Å². The van der Waals surface area contributed by atoms with Crippen molar-refractivity contribution in [2.75, 3.05) is 14.1 Å². The Labute approximate surface area is 121 Å². The van der Waals surface area contributed by atoms with Crippen LogP contribution in [0, 0.1) is 29.9 Å². The number of hydrogen-bond acceptors (Lipinski definition) is 6. The maximum Gasteiger partial charge on any atom is 0.304 e. The monoisotopic (exact) mass is 282 g/mol. The highest BCUT2D eigenvalue weighted by Crippen LogP contribution is 2.27. The Morgan fingerprint density at radius 2 is 2.10 bits per heavy atom. The fourth-order valence-corrected chi connectivity index (χ4v) is 1.74. The number of carbonyl (C=O) groups is 1. The van der Waals surface area contributed by atoms with Crippen molar-refractivity contribution in [3.05, 3.63) is 51.8 Å². The van der Waals surface area contributed by atoms with Gasteiger partial charge >= 0.3 is 5.70 Å². The van der Waals surface area contributed by atoms with Crippen LogP contribution in [0.5, 0.6) is 0 Å². The Kier molecular flexibility index (Phi) is 4.62. The minimum atomic E-state index is -0.917. The number of ketones is 1. The molecular weight excluding hydrogens is 272 g/mol. The van der Waals surface area contributed by atoms with E-state index in [1.54, 1.807) is 11.9 Å². The lowest BCUT2D eigenvalue weighted by Crippen LogP contribution is -2.41. The minimum absolute atomic E-state index is 0.109. The number of nitrogens with zero attached hydrogens (tertiary/aromatic N) is 5. The predicted molar refractivity (Wildman–Crippen MR) is 72.1 cm³/mol. The molecule has 0 saturated heterocycles. The normalized spacial score (nSPS) is 18.5. The molecule has 8 heteroatoms. The molecule has 1 heterocycles. The number of carbonyl (C=O) groups excluding carboxylic acids is 1. The van der Waals surface area contributed by atoms with Crippen LogP contribution in [0.15, 0.2) is 28.9 Å². The Hall–Kier alpha value is -3.37. The van der Waals surface area contributed by atoms with Crippen LogP contribution in [0.25, 0.3) is 9.69 Å². The predicted octanol–water partition coefficient (Wildman–Crippen LogP) is 0.864. The van der Waals surface area contributed by atoms with Gasteiger partial charge in [0.25, 0.3) is 5.70 Å². The molecule has 0 fully saturated rings. The molecule has 8 nitrogen and oxygen atoms in total. The summed E-state index contributed by atoms with van der Waals surface area (Å²) in [5.74, 6) is 0.571. The van der Waals surface area contributed by atoms with Crippen molar-refractivity contribution in [1.82, 2.24) is 10.0 Å². The first-order valence-corrected chi connectivity index (χ1v) is 5.53. The molecule has 21 heavy (non-hydrogen) atoms. The summed E-state index contributed by atoms with van der Waals surface area (Å²) in [6.07, 6.45) is 1.32. The standard InChI is InChI=1S/C13H10N6O2/c1-16-8(6-14)12(20)10-5-11(19(4)18(10)3)13(21)9(7-15)17-2/h5,10,14,21H,3-4H3/b13-9-. The zero-order chi connectivity index (χ0) is 16.2. The first-order chi connectivity index (χ1) is 9.92.